The second kappa shape index (κ2) is 8.15. The zero-order chi connectivity index (χ0) is 19.6. The monoisotopic (exact) mass is 393 g/mol. The number of rotatable bonds is 3. The van der Waals surface area contributed by atoms with E-state index in [1.54, 1.807) is 12.3 Å². The number of piperidine rings is 3. The van der Waals surface area contributed by atoms with Crippen LogP contribution < -0.4 is 10.6 Å². The second-order valence-corrected chi connectivity index (χ2v) is 8.25. The molecule has 0 aromatic carbocycles. The third-order valence-corrected chi connectivity index (χ3v) is 6.30. The van der Waals surface area contributed by atoms with Gasteiger partial charge in [-0.2, -0.15) is 0 Å². The van der Waals surface area contributed by atoms with Gasteiger partial charge in [0.05, 0.1) is 18.9 Å². The normalized spacial score (nSPS) is 26.8. The van der Waals surface area contributed by atoms with Crippen molar-refractivity contribution in [1.82, 2.24) is 25.4 Å². The van der Waals surface area contributed by atoms with Crippen LogP contribution in [0.15, 0.2) is 22.7 Å². The van der Waals surface area contributed by atoms with Gasteiger partial charge in [0.1, 0.15) is 5.69 Å². The minimum Gasteiger partial charge on any atom is -0.446 e. The van der Waals surface area contributed by atoms with E-state index < -0.39 is 0 Å². The quantitative estimate of drug-likeness (QED) is 0.765. The Morgan fingerprint density at radius 3 is 2.83 bits per heavy atom. The van der Waals surface area contributed by atoms with Crippen LogP contribution in [0.4, 0.5) is 0 Å². The Morgan fingerprint density at radius 1 is 1.24 bits per heavy atom. The molecule has 2 aromatic rings. The van der Waals surface area contributed by atoms with Gasteiger partial charge in [0.2, 0.25) is 0 Å². The topological polar surface area (TPSA) is 73.6 Å². The fraction of sp³-hybridized carbons (Fsp3) is 0.545. The fourth-order valence-electron chi connectivity index (χ4n) is 4.58. The van der Waals surface area contributed by atoms with E-state index in [2.05, 4.69) is 37.3 Å². The zero-order valence-electron chi connectivity index (χ0n) is 16.6. The number of piperazine rings is 1. The van der Waals surface area contributed by atoms with Crippen LogP contribution in [0.25, 0.3) is 11.0 Å². The number of aromatic nitrogens is 1. The molecule has 4 fully saturated rings. The van der Waals surface area contributed by atoms with Crippen LogP contribution in [0.2, 0.25) is 0 Å². The summed E-state index contributed by atoms with van der Waals surface area (Å²) in [6, 6.07) is 3.69. The highest BCUT2D eigenvalue weighted by molar-refractivity contribution is 5.95. The summed E-state index contributed by atoms with van der Waals surface area (Å²) >= 11 is 0. The minimum atomic E-state index is -0.114. The number of pyridine rings is 1. The zero-order valence-corrected chi connectivity index (χ0v) is 16.6. The van der Waals surface area contributed by atoms with Crippen LogP contribution in [-0.2, 0) is 0 Å². The van der Waals surface area contributed by atoms with E-state index in [1.807, 2.05) is 6.07 Å². The van der Waals surface area contributed by atoms with Crippen LogP contribution in [0.5, 0.6) is 0 Å². The number of hydrogen-bond acceptors (Lipinski definition) is 6. The highest BCUT2D eigenvalue weighted by atomic mass is 16.3. The Bertz CT molecular complexity index is 945. The minimum absolute atomic E-state index is 0.114. The molecule has 4 aliphatic heterocycles. The van der Waals surface area contributed by atoms with Crippen molar-refractivity contribution in [2.24, 2.45) is 5.92 Å². The summed E-state index contributed by atoms with van der Waals surface area (Å²) in [6.45, 7) is 6.99. The summed E-state index contributed by atoms with van der Waals surface area (Å²) in [5.41, 5.74) is 1.09. The van der Waals surface area contributed by atoms with Gasteiger partial charge in [-0.3, -0.25) is 14.6 Å². The molecule has 1 unspecified atom stereocenters. The summed E-state index contributed by atoms with van der Waals surface area (Å²) in [4.78, 5) is 21.7. The smallest absolute Gasteiger partial charge is 0.271 e. The van der Waals surface area contributed by atoms with Crippen molar-refractivity contribution in [2.75, 3.05) is 45.8 Å². The van der Waals surface area contributed by atoms with Crippen molar-refractivity contribution in [3.05, 3.63) is 29.8 Å². The average Bonchev–Trinajstić information content (AvgIpc) is 3.17. The SMILES string of the molecule is O=C(NC1CC2CCN1CC2)c1cc2cc(C#CCN3CCNCC3)oc2cn1. The van der Waals surface area contributed by atoms with E-state index in [0.29, 0.717) is 17.0 Å². The summed E-state index contributed by atoms with van der Waals surface area (Å²) in [6.07, 6.45) is 5.32. The second-order valence-electron chi connectivity index (χ2n) is 8.25. The molecule has 2 N–H and O–H groups in total. The van der Waals surface area contributed by atoms with E-state index in [1.165, 1.54) is 12.8 Å². The third kappa shape index (κ3) is 4.15. The Morgan fingerprint density at radius 2 is 2.07 bits per heavy atom. The van der Waals surface area contributed by atoms with E-state index in [9.17, 15) is 4.79 Å². The largest absolute Gasteiger partial charge is 0.446 e. The molecule has 1 amide bonds. The molecule has 0 spiro atoms. The Kier molecular flexibility index (Phi) is 5.23. The van der Waals surface area contributed by atoms with Crippen molar-refractivity contribution < 1.29 is 9.21 Å². The maximum Gasteiger partial charge on any atom is 0.271 e. The van der Waals surface area contributed by atoms with Gasteiger partial charge in [0, 0.05) is 50.7 Å². The first kappa shape index (κ1) is 18.6. The number of nitrogens with zero attached hydrogens (tertiary/aromatic N) is 3. The highest BCUT2D eigenvalue weighted by Gasteiger charge is 2.34. The predicted molar refractivity (Wildman–Crippen MR) is 110 cm³/mol. The van der Waals surface area contributed by atoms with E-state index in [4.69, 9.17) is 4.42 Å². The van der Waals surface area contributed by atoms with Crippen molar-refractivity contribution in [2.45, 2.75) is 25.4 Å². The molecule has 0 radical (unpaired) electrons. The number of nitrogens with one attached hydrogen (secondary N) is 2. The molecule has 7 heteroatoms. The molecular weight excluding hydrogens is 366 g/mol. The van der Waals surface area contributed by atoms with Crippen LogP contribution in [0.3, 0.4) is 0 Å². The summed E-state index contributed by atoms with van der Waals surface area (Å²) in [7, 11) is 0. The Balaban J connectivity index is 1.25. The maximum absolute atomic E-state index is 12.7. The van der Waals surface area contributed by atoms with Gasteiger partial charge >= 0.3 is 0 Å². The maximum atomic E-state index is 12.7. The Hall–Kier alpha value is -2.40. The van der Waals surface area contributed by atoms with Gasteiger partial charge in [-0.25, -0.2) is 4.98 Å². The summed E-state index contributed by atoms with van der Waals surface area (Å²) in [5.74, 6) is 7.54. The van der Waals surface area contributed by atoms with Crippen molar-refractivity contribution in [3.8, 4) is 11.8 Å². The molecule has 4 aliphatic rings. The number of furan rings is 1. The van der Waals surface area contributed by atoms with E-state index in [0.717, 1.165) is 63.5 Å². The lowest BCUT2D eigenvalue weighted by Gasteiger charge is -2.45. The molecule has 2 bridgehead atoms. The summed E-state index contributed by atoms with van der Waals surface area (Å²) < 4.78 is 5.78. The standard InChI is InChI=1S/C22H27N5O2/c28-22(25-21-12-16-3-8-27(21)9-4-16)19-14-17-13-18(29-20(17)15-24-19)2-1-7-26-10-5-23-6-11-26/h13-16,21,23H,3-12H2,(H,25,28). The molecule has 4 saturated heterocycles. The molecule has 2 aromatic heterocycles. The van der Waals surface area contributed by atoms with E-state index in [-0.39, 0.29) is 12.1 Å². The molecular formula is C22H27N5O2. The Labute approximate surface area is 170 Å². The average molecular weight is 393 g/mol. The predicted octanol–water partition coefficient (Wildman–Crippen LogP) is 1.26. The third-order valence-electron chi connectivity index (χ3n) is 6.30. The van der Waals surface area contributed by atoms with Gasteiger partial charge in [0.15, 0.2) is 11.3 Å². The van der Waals surface area contributed by atoms with Gasteiger partial charge in [-0.1, -0.05) is 5.92 Å². The molecule has 0 saturated carbocycles. The number of amides is 1. The molecule has 152 valence electrons. The lowest BCUT2D eigenvalue weighted by atomic mass is 9.86. The molecule has 29 heavy (non-hydrogen) atoms. The number of fused-ring (bicyclic) bond motifs is 4. The molecule has 0 aliphatic carbocycles. The molecule has 1 atom stereocenters. The first-order chi connectivity index (χ1) is 14.2. The van der Waals surface area contributed by atoms with E-state index >= 15 is 0 Å². The lowest BCUT2D eigenvalue weighted by molar-refractivity contribution is 0.0293. The van der Waals surface area contributed by atoms with Crippen molar-refractivity contribution in [3.63, 3.8) is 0 Å². The molecule has 6 heterocycles. The summed E-state index contributed by atoms with van der Waals surface area (Å²) in [5, 5.41) is 7.36. The first-order valence-corrected chi connectivity index (χ1v) is 10.6. The van der Waals surface area contributed by atoms with Crippen molar-refractivity contribution >= 4 is 16.9 Å². The van der Waals surface area contributed by atoms with Gasteiger partial charge in [-0.05, 0) is 37.2 Å². The highest BCUT2D eigenvalue weighted by Crippen LogP contribution is 2.30. The van der Waals surface area contributed by atoms with Crippen LogP contribution >= 0.6 is 0 Å². The van der Waals surface area contributed by atoms with Crippen LogP contribution in [0.1, 0.15) is 35.5 Å². The fourth-order valence-corrected chi connectivity index (χ4v) is 4.58. The number of carbonyl (C=O) groups is 1. The first-order valence-electron chi connectivity index (χ1n) is 10.6. The lowest BCUT2D eigenvalue weighted by Crippen LogP contribution is -2.56. The number of hydrogen-bond donors (Lipinski definition) is 2. The van der Waals surface area contributed by atoms with Gasteiger partial charge < -0.3 is 15.1 Å². The van der Waals surface area contributed by atoms with Gasteiger partial charge in [0.25, 0.3) is 5.91 Å². The molecule has 7 nitrogen and oxygen atoms in total. The van der Waals surface area contributed by atoms with Crippen LogP contribution in [-0.4, -0.2) is 72.7 Å². The number of carbonyl (C=O) groups excluding carboxylic acids is 1. The van der Waals surface area contributed by atoms with Crippen molar-refractivity contribution in [1.29, 1.82) is 0 Å². The van der Waals surface area contributed by atoms with Crippen LogP contribution in [0, 0.1) is 17.8 Å². The van der Waals surface area contributed by atoms with Gasteiger partial charge in [-0.15, -0.1) is 0 Å². The molecule has 6 rings (SSSR count).